The molecule has 2 saturated heterocycles. The number of carbonyl (C=O) groups excluding carboxylic acids is 1. The number of rotatable bonds is 6. The van der Waals surface area contributed by atoms with Gasteiger partial charge in [0, 0.05) is 38.1 Å². The second-order valence-corrected chi connectivity index (χ2v) is 10.9. The molecule has 1 aromatic heterocycles. The number of piperidine rings is 1. The van der Waals surface area contributed by atoms with E-state index >= 15 is 0 Å². The summed E-state index contributed by atoms with van der Waals surface area (Å²) in [6.45, 7) is 1.85. The van der Waals surface area contributed by atoms with E-state index in [0.717, 1.165) is 25.2 Å². The number of aromatic nitrogens is 1. The first kappa shape index (κ1) is 23.7. The van der Waals surface area contributed by atoms with Crippen LogP contribution in [0.3, 0.4) is 0 Å². The van der Waals surface area contributed by atoms with Crippen molar-refractivity contribution in [2.45, 2.75) is 42.8 Å². The van der Waals surface area contributed by atoms with Crippen LogP contribution < -0.4 is 10.2 Å². The highest BCUT2D eigenvalue weighted by Gasteiger charge is 2.37. The molecule has 4 rings (SSSR count). The average Bonchev–Trinajstić information content (AvgIpc) is 3.14. The zero-order chi connectivity index (χ0) is 23.8. The first-order valence-electron chi connectivity index (χ1n) is 10.7. The van der Waals surface area contributed by atoms with E-state index in [4.69, 9.17) is 11.6 Å². The minimum atomic E-state index is -3.51. The largest absolute Gasteiger partial charge is 0.392 e. The van der Waals surface area contributed by atoms with E-state index in [0.29, 0.717) is 42.5 Å². The number of benzene rings is 1. The van der Waals surface area contributed by atoms with Gasteiger partial charge < -0.3 is 20.2 Å². The molecule has 0 bridgehead atoms. The topological polar surface area (TPSA) is 103 Å². The normalized spacial score (nSPS) is 19.9. The lowest BCUT2D eigenvalue weighted by Crippen LogP contribution is -2.47. The molecule has 0 saturated carbocycles. The van der Waals surface area contributed by atoms with Crippen molar-refractivity contribution in [3.8, 4) is 0 Å². The van der Waals surface area contributed by atoms with Crippen molar-refractivity contribution >= 4 is 38.9 Å². The zero-order valence-corrected chi connectivity index (χ0v) is 19.7. The molecule has 2 aromatic rings. The van der Waals surface area contributed by atoms with Gasteiger partial charge in [-0.1, -0.05) is 11.6 Å². The lowest BCUT2D eigenvalue weighted by molar-refractivity contribution is -0.130. The summed E-state index contributed by atoms with van der Waals surface area (Å²) in [5, 5.41) is 12.6. The van der Waals surface area contributed by atoms with Crippen molar-refractivity contribution in [2.24, 2.45) is 0 Å². The van der Waals surface area contributed by atoms with E-state index in [1.165, 1.54) is 12.1 Å². The number of hydrogen-bond acceptors (Lipinski definition) is 7. The maximum Gasteiger partial charge on any atom is 0.245 e. The van der Waals surface area contributed by atoms with Crippen LogP contribution in [0.25, 0.3) is 0 Å². The number of hydrogen-bond donors (Lipinski definition) is 2. The Kier molecular flexibility index (Phi) is 6.78. The van der Waals surface area contributed by atoms with Gasteiger partial charge in [0.05, 0.1) is 22.2 Å². The van der Waals surface area contributed by atoms with Crippen LogP contribution in [0.4, 0.5) is 15.9 Å². The Bertz CT molecular complexity index is 1160. The molecule has 11 heteroatoms. The predicted octanol–water partition coefficient (Wildman–Crippen LogP) is 2.45. The minimum Gasteiger partial charge on any atom is -0.392 e. The molecule has 0 spiro atoms. The van der Waals surface area contributed by atoms with Gasteiger partial charge >= 0.3 is 0 Å². The molecule has 1 atom stereocenters. The summed E-state index contributed by atoms with van der Waals surface area (Å²) in [6, 6.07) is 4.89. The molecule has 0 radical (unpaired) electrons. The second kappa shape index (κ2) is 9.44. The van der Waals surface area contributed by atoms with E-state index in [1.807, 2.05) is 4.90 Å². The van der Waals surface area contributed by atoms with Crippen LogP contribution in [-0.2, 0) is 21.2 Å². The van der Waals surface area contributed by atoms with Gasteiger partial charge in [0.2, 0.25) is 5.91 Å². The van der Waals surface area contributed by atoms with Crippen LogP contribution in [0.1, 0.15) is 24.8 Å². The molecule has 2 N–H and O–H groups in total. The van der Waals surface area contributed by atoms with Gasteiger partial charge in [-0.2, -0.15) is 0 Å². The fraction of sp³-hybridized carbons (Fsp3) is 0.455. The summed E-state index contributed by atoms with van der Waals surface area (Å²) >= 11 is 6.32. The fourth-order valence-corrected chi connectivity index (χ4v) is 5.35. The minimum absolute atomic E-state index is 0.0773. The van der Waals surface area contributed by atoms with Gasteiger partial charge in [0.25, 0.3) is 0 Å². The van der Waals surface area contributed by atoms with E-state index in [9.17, 15) is 22.7 Å². The Balaban J connectivity index is 1.36. The van der Waals surface area contributed by atoms with Crippen molar-refractivity contribution < 1.29 is 22.7 Å². The molecule has 1 aromatic carbocycles. The highest BCUT2D eigenvalue weighted by molar-refractivity contribution is 7.90. The average molecular weight is 497 g/mol. The third kappa shape index (κ3) is 5.07. The van der Waals surface area contributed by atoms with Gasteiger partial charge in [-0.05, 0) is 49.1 Å². The Hall–Kier alpha value is -2.43. The third-order valence-electron chi connectivity index (χ3n) is 6.20. The number of sulfone groups is 1. The van der Waals surface area contributed by atoms with Crippen molar-refractivity contribution in [3.63, 3.8) is 0 Å². The smallest absolute Gasteiger partial charge is 0.245 e. The van der Waals surface area contributed by atoms with Gasteiger partial charge in [-0.25, -0.2) is 17.8 Å². The SMILES string of the molecule is CS(=O)(=O)c1ccc(N[C@H]2CCN(C3CCN(c4ncc(CO)cc4Cl)CC3)C2=O)c(F)c1. The number of pyridine rings is 1. The van der Waals surface area contributed by atoms with E-state index < -0.39 is 21.7 Å². The number of anilines is 2. The highest BCUT2D eigenvalue weighted by atomic mass is 35.5. The van der Waals surface area contributed by atoms with Gasteiger partial charge in [0.15, 0.2) is 9.84 Å². The molecule has 178 valence electrons. The number of aliphatic hydroxyl groups is 1. The molecular weight excluding hydrogens is 471 g/mol. The molecule has 2 aliphatic rings. The molecule has 3 heterocycles. The fourth-order valence-electron chi connectivity index (χ4n) is 4.41. The van der Waals surface area contributed by atoms with E-state index in [2.05, 4.69) is 15.2 Å². The Morgan fingerprint density at radius 1 is 1.21 bits per heavy atom. The van der Waals surface area contributed by atoms with Crippen molar-refractivity contribution in [1.82, 2.24) is 9.88 Å². The number of nitrogens with one attached hydrogen (secondary N) is 1. The van der Waals surface area contributed by atoms with E-state index in [1.54, 1.807) is 12.3 Å². The van der Waals surface area contributed by atoms with Crippen LogP contribution >= 0.6 is 11.6 Å². The number of nitrogens with zero attached hydrogens (tertiary/aromatic N) is 3. The lowest BCUT2D eigenvalue weighted by atomic mass is 10.0. The predicted molar refractivity (Wildman–Crippen MR) is 124 cm³/mol. The molecule has 0 aliphatic carbocycles. The van der Waals surface area contributed by atoms with Crippen molar-refractivity contribution in [3.05, 3.63) is 46.9 Å². The summed E-state index contributed by atoms with van der Waals surface area (Å²) in [4.78, 5) is 21.2. The van der Waals surface area contributed by atoms with Gasteiger partial charge in [-0.3, -0.25) is 4.79 Å². The summed E-state index contributed by atoms with van der Waals surface area (Å²) in [6.07, 6.45) is 4.69. The summed E-state index contributed by atoms with van der Waals surface area (Å²) in [7, 11) is -3.51. The Labute approximate surface area is 197 Å². The first-order chi connectivity index (χ1) is 15.7. The monoisotopic (exact) mass is 496 g/mol. The Morgan fingerprint density at radius 3 is 2.55 bits per heavy atom. The van der Waals surface area contributed by atoms with Gasteiger partial charge in [0.1, 0.15) is 17.7 Å². The second-order valence-electron chi connectivity index (χ2n) is 8.46. The van der Waals surface area contributed by atoms with Gasteiger partial charge in [-0.15, -0.1) is 0 Å². The maximum atomic E-state index is 14.4. The number of aliphatic hydroxyl groups excluding tert-OH is 1. The van der Waals surface area contributed by atoms with Crippen LogP contribution in [-0.4, -0.2) is 67.3 Å². The number of halogens is 2. The highest BCUT2D eigenvalue weighted by Crippen LogP contribution is 2.30. The third-order valence-corrected chi connectivity index (χ3v) is 7.59. The lowest BCUT2D eigenvalue weighted by Gasteiger charge is -2.37. The van der Waals surface area contributed by atoms with E-state index in [-0.39, 0.29) is 29.1 Å². The number of amides is 1. The van der Waals surface area contributed by atoms with Crippen molar-refractivity contribution in [2.75, 3.05) is 36.1 Å². The Morgan fingerprint density at radius 2 is 1.94 bits per heavy atom. The number of carbonyl (C=O) groups is 1. The standard InChI is InChI=1S/C22H26ClFN4O4S/c1-33(31,32)16-2-3-19(18(24)11-16)26-20-6-9-28(22(20)30)15-4-7-27(8-5-15)21-17(23)10-14(13-29)12-25-21/h2-3,10-12,15,20,26,29H,4-9,13H2,1H3/t20-/m0/s1. The molecule has 0 unspecified atom stereocenters. The zero-order valence-electron chi connectivity index (χ0n) is 18.2. The molecular formula is C22H26ClFN4O4S. The summed E-state index contributed by atoms with van der Waals surface area (Å²) in [5.74, 6) is -0.106. The number of likely N-dealkylation sites (tertiary alicyclic amines) is 1. The van der Waals surface area contributed by atoms with Crippen LogP contribution in [0.15, 0.2) is 35.4 Å². The maximum absolute atomic E-state index is 14.4. The molecule has 2 aliphatic heterocycles. The molecule has 8 nitrogen and oxygen atoms in total. The quantitative estimate of drug-likeness (QED) is 0.633. The molecule has 2 fully saturated rings. The summed E-state index contributed by atoms with van der Waals surface area (Å²) < 4.78 is 37.6. The van der Waals surface area contributed by atoms with Crippen molar-refractivity contribution in [1.29, 1.82) is 0 Å². The van der Waals surface area contributed by atoms with Crippen LogP contribution in [0.5, 0.6) is 0 Å². The first-order valence-corrected chi connectivity index (χ1v) is 13.0. The van der Waals surface area contributed by atoms with Crippen LogP contribution in [0.2, 0.25) is 5.02 Å². The molecule has 33 heavy (non-hydrogen) atoms. The van der Waals surface area contributed by atoms with Crippen LogP contribution in [0, 0.1) is 5.82 Å². The molecule has 1 amide bonds. The summed E-state index contributed by atoms with van der Waals surface area (Å²) in [5.41, 5.74) is 0.770.